The Labute approximate surface area is 118 Å². The molecule has 0 spiro atoms. The molecule has 20 heavy (non-hydrogen) atoms. The highest BCUT2D eigenvalue weighted by molar-refractivity contribution is 5.83. The van der Waals surface area contributed by atoms with E-state index in [-0.39, 0.29) is 6.04 Å². The average Bonchev–Trinajstić information content (AvgIpc) is 2.97. The van der Waals surface area contributed by atoms with Crippen molar-refractivity contribution in [3.8, 4) is 0 Å². The summed E-state index contributed by atoms with van der Waals surface area (Å²) < 4.78 is 4.12. The Morgan fingerprint density at radius 3 is 2.85 bits per heavy atom. The second-order valence-corrected chi connectivity index (χ2v) is 5.50. The number of aryl methyl sites for hydroxylation is 1. The summed E-state index contributed by atoms with van der Waals surface area (Å²) in [7, 11) is 1.94. The van der Waals surface area contributed by atoms with Crippen molar-refractivity contribution in [3.63, 3.8) is 0 Å². The molecule has 2 aromatic heterocycles. The van der Waals surface area contributed by atoms with Gasteiger partial charge in [0.15, 0.2) is 0 Å². The molecule has 1 atom stereocenters. The Bertz CT molecular complexity index is 721. The van der Waals surface area contributed by atoms with E-state index in [1.807, 2.05) is 24.9 Å². The first-order valence-electron chi connectivity index (χ1n) is 6.93. The van der Waals surface area contributed by atoms with Crippen molar-refractivity contribution in [3.05, 3.63) is 54.0 Å². The van der Waals surface area contributed by atoms with Crippen LogP contribution < -0.4 is 5.73 Å². The third-order valence-electron chi connectivity index (χ3n) is 3.53. The highest BCUT2D eigenvalue weighted by atomic mass is 15.2. The minimum atomic E-state index is 0.169. The fourth-order valence-electron chi connectivity index (χ4n) is 2.73. The lowest BCUT2D eigenvalue weighted by atomic mass is 10.0. The molecule has 0 saturated carbocycles. The van der Waals surface area contributed by atoms with Crippen molar-refractivity contribution in [2.75, 3.05) is 0 Å². The third kappa shape index (κ3) is 2.47. The molecule has 3 rings (SSSR count). The van der Waals surface area contributed by atoms with Crippen molar-refractivity contribution in [1.82, 2.24) is 14.3 Å². The maximum absolute atomic E-state index is 5.97. The van der Waals surface area contributed by atoms with Gasteiger partial charge in [-0.3, -0.25) is 4.68 Å². The summed E-state index contributed by atoms with van der Waals surface area (Å²) in [5.74, 6) is 0. The Morgan fingerprint density at radius 1 is 1.30 bits per heavy atom. The van der Waals surface area contributed by atoms with E-state index in [0.717, 1.165) is 13.0 Å². The zero-order chi connectivity index (χ0) is 14.1. The number of hydrogen-bond acceptors (Lipinski definition) is 2. The van der Waals surface area contributed by atoms with Gasteiger partial charge in [-0.25, -0.2) is 0 Å². The van der Waals surface area contributed by atoms with Crippen LogP contribution in [0.4, 0.5) is 0 Å². The summed E-state index contributed by atoms with van der Waals surface area (Å²) in [5.41, 5.74) is 9.77. The van der Waals surface area contributed by atoms with Gasteiger partial charge < -0.3 is 10.3 Å². The lowest BCUT2D eigenvalue weighted by molar-refractivity contribution is 0.734. The number of fused-ring (bicyclic) bond motifs is 1. The van der Waals surface area contributed by atoms with E-state index in [0.29, 0.717) is 0 Å². The molecule has 1 aromatic carbocycles. The van der Waals surface area contributed by atoms with Crippen LogP contribution >= 0.6 is 0 Å². The van der Waals surface area contributed by atoms with E-state index in [1.165, 1.54) is 22.0 Å². The normalized spacial score (nSPS) is 12.9. The SMILES string of the molecule is CC(N)Cc1cccc2ccn(Cc3cnn(C)c3)c12. The molecule has 2 heterocycles. The average molecular weight is 268 g/mol. The van der Waals surface area contributed by atoms with Crippen LogP contribution in [0.3, 0.4) is 0 Å². The molecule has 0 fully saturated rings. The quantitative estimate of drug-likeness (QED) is 0.789. The predicted molar refractivity (Wildman–Crippen MR) is 81.6 cm³/mol. The molecule has 104 valence electrons. The first-order valence-corrected chi connectivity index (χ1v) is 6.93. The van der Waals surface area contributed by atoms with Crippen molar-refractivity contribution in [1.29, 1.82) is 0 Å². The van der Waals surface area contributed by atoms with Crippen LogP contribution in [0.5, 0.6) is 0 Å². The first-order chi connectivity index (χ1) is 9.63. The van der Waals surface area contributed by atoms with E-state index < -0.39 is 0 Å². The van der Waals surface area contributed by atoms with Crippen molar-refractivity contribution in [2.24, 2.45) is 12.8 Å². The highest BCUT2D eigenvalue weighted by Gasteiger charge is 2.09. The largest absolute Gasteiger partial charge is 0.343 e. The van der Waals surface area contributed by atoms with Crippen molar-refractivity contribution in [2.45, 2.75) is 25.9 Å². The molecule has 4 nitrogen and oxygen atoms in total. The second-order valence-electron chi connectivity index (χ2n) is 5.50. The fraction of sp³-hybridized carbons (Fsp3) is 0.312. The summed E-state index contributed by atoms with van der Waals surface area (Å²) in [6, 6.07) is 8.76. The number of hydrogen-bond donors (Lipinski definition) is 1. The van der Waals surface area contributed by atoms with Crippen LogP contribution in [0, 0.1) is 0 Å². The molecule has 0 aliphatic carbocycles. The predicted octanol–water partition coefficient (Wildman–Crippen LogP) is 2.31. The van der Waals surface area contributed by atoms with Gasteiger partial charge in [-0.05, 0) is 30.4 Å². The molecule has 0 amide bonds. The van der Waals surface area contributed by atoms with Gasteiger partial charge in [-0.15, -0.1) is 0 Å². The van der Waals surface area contributed by atoms with Gasteiger partial charge in [-0.2, -0.15) is 5.10 Å². The molecule has 4 heteroatoms. The molecular weight excluding hydrogens is 248 g/mol. The monoisotopic (exact) mass is 268 g/mol. The summed E-state index contributed by atoms with van der Waals surface area (Å²) >= 11 is 0. The third-order valence-corrected chi connectivity index (χ3v) is 3.53. The van der Waals surface area contributed by atoms with Crippen molar-refractivity contribution < 1.29 is 0 Å². The molecule has 0 aliphatic heterocycles. The Kier molecular flexibility index (Phi) is 3.32. The van der Waals surface area contributed by atoms with Crippen LogP contribution in [0.2, 0.25) is 0 Å². The van der Waals surface area contributed by atoms with E-state index in [9.17, 15) is 0 Å². The van der Waals surface area contributed by atoms with Gasteiger partial charge in [0.05, 0.1) is 18.3 Å². The van der Waals surface area contributed by atoms with Crippen molar-refractivity contribution >= 4 is 10.9 Å². The van der Waals surface area contributed by atoms with E-state index in [1.54, 1.807) is 0 Å². The molecule has 0 bridgehead atoms. The number of para-hydroxylation sites is 1. The Morgan fingerprint density at radius 2 is 2.15 bits per heavy atom. The van der Waals surface area contributed by atoms with Gasteiger partial charge in [0.25, 0.3) is 0 Å². The Hall–Kier alpha value is -2.07. The lowest BCUT2D eigenvalue weighted by Gasteiger charge is -2.11. The molecule has 3 aromatic rings. The number of nitrogens with two attached hydrogens (primary N) is 1. The minimum absolute atomic E-state index is 0.169. The number of benzene rings is 1. The molecule has 0 saturated heterocycles. The van der Waals surface area contributed by atoms with Crippen LogP contribution in [0.25, 0.3) is 10.9 Å². The lowest BCUT2D eigenvalue weighted by Crippen LogP contribution is -2.18. The molecule has 2 N–H and O–H groups in total. The van der Waals surface area contributed by atoms with E-state index in [4.69, 9.17) is 5.73 Å². The second kappa shape index (κ2) is 5.13. The first kappa shape index (κ1) is 12.9. The summed E-state index contributed by atoms with van der Waals surface area (Å²) in [6.45, 7) is 2.89. The zero-order valence-corrected chi connectivity index (χ0v) is 12.0. The molecule has 0 radical (unpaired) electrons. The van der Waals surface area contributed by atoms with E-state index >= 15 is 0 Å². The molecule has 0 aliphatic rings. The standard InChI is InChI=1S/C16H20N4/c1-12(17)8-15-5-3-4-14-6-7-20(16(14)15)11-13-9-18-19(2)10-13/h3-7,9-10,12H,8,11,17H2,1-2H3. The molecule has 1 unspecified atom stereocenters. The summed E-state index contributed by atoms with van der Waals surface area (Å²) in [5, 5.41) is 5.50. The smallest absolute Gasteiger partial charge is 0.0539 e. The maximum atomic E-state index is 5.97. The number of aromatic nitrogens is 3. The summed E-state index contributed by atoms with van der Waals surface area (Å²) in [4.78, 5) is 0. The van der Waals surface area contributed by atoms with Gasteiger partial charge >= 0.3 is 0 Å². The highest BCUT2D eigenvalue weighted by Crippen LogP contribution is 2.22. The summed E-state index contributed by atoms with van der Waals surface area (Å²) in [6.07, 6.45) is 7.01. The topological polar surface area (TPSA) is 48.8 Å². The van der Waals surface area contributed by atoms with Crippen LogP contribution in [-0.4, -0.2) is 20.4 Å². The zero-order valence-electron chi connectivity index (χ0n) is 12.0. The van der Waals surface area contributed by atoms with Crippen LogP contribution in [0.15, 0.2) is 42.9 Å². The minimum Gasteiger partial charge on any atom is -0.343 e. The van der Waals surface area contributed by atoms with Crippen LogP contribution in [-0.2, 0) is 20.0 Å². The number of rotatable bonds is 4. The van der Waals surface area contributed by atoms with Gasteiger partial charge in [0.1, 0.15) is 0 Å². The maximum Gasteiger partial charge on any atom is 0.0539 e. The number of nitrogens with zero attached hydrogens (tertiary/aromatic N) is 3. The van der Waals surface area contributed by atoms with Crippen LogP contribution in [0.1, 0.15) is 18.1 Å². The molecular formula is C16H20N4. The van der Waals surface area contributed by atoms with Gasteiger partial charge in [-0.1, -0.05) is 18.2 Å². The Balaban J connectivity index is 2.02. The van der Waals surface area contributed by atoms with E-state index in [2.05, 4.69) is 46.3 Å². The fourth-order valence-corrected chi connectivity index (χ4v) is 2.73. The van der Waals surface area contributed by atoms with Gasteiger partial charge in [0.2, 0.25) is 0 Å². The van der Waals surface area contributed by atoms with Gasteiger partial charge in [0, 0.05) is 31.0 Å².